The first kappa shape index (κ1) is 17.3. The molecule has 0 radical (unpaired) electrons. The second-order valence-corrected chi connectivity index (χ2v) is 6.09. The van der Waals surface area contributed by atoms with Crippen molar-refractivity contribution in [3.63, 3.8) is 0 Å². The minimum Gasteiger partial charge on any atom is -0.395 e. The average Bonchev–Trinajstić information content (AvgIpc) is 3.05. The fraction of sp³-hybridized carbons (Fsp3) is 0.250. The van der Waals surface area contributed by atoms with Gasteiger partial charge in [0, 0.05) is 31.4 Å². The van der Waals surface area contributed by atoms with Gasteiger partial charge in [-0.05, 0) is 23.3 Å². The number of nitrogens with zero attached hydrogens (tertiary/aromatic N) is 3. The van der Waals surface area contributed by atoms with Gasteiger partial charge in [-0.25, -0.2) is 4.39 Å². The molecule has 0 aliphatic heterocycles. The van der Waals surface area contributed by atoms with Crippen LogP contribution in [0.3, 0.4) is 0 Å². The maximum absolute atomic E-state index is 13.0. The Kier molecular flexibility index (Phi) is 5.93. The van der Waals surface area contributed by atoms with Crippen LogP contribution in [0.25, 0.3) is 0 Å². The molecule has 3 aromatic rings. The third-order valence-corrected chi connectivity index (χ3v) is 4.02. The molecule has 0 amide bonds. The zero-order valence-electron chi connectivity index (χ0n) is 14.1. The molecular formula is C20H22FN3O. The van der Waals surface area contributed by atoms with Crippen molar-refractivity contribution in [2.45, 2.75) is 19.6 Å². The van der Waals surface area contributed by atoms with Gasteiger partial charge in [0.05, 0.1) is 19.3 Å². The molecule has 0 saturated heterocycles. The Morgan fingerprint density at radius 1 is 0.920 bits per heavy atom. The lowest BCUT2D eigenvalue weighted by atomic mass is 10.2. The quantitative estimate of drug-likeness (QED) is 0.686. The minimum absolute atomic E-state index is 0.0827. The smallest absolute Gasteiger partial charge is 0.123 e. The Morgan fingerprint density at radius 3 is 2.36 bits per heavy atom. The molecule has 4 nitrogen and oxygen atoms in total. The highest BCUT2D eigenvalue weighted by Crippen LogP contribution is 2.11. The Hall–Kier alpha value is -2.50. The van der Waals surface area contributed by atoms with E-state index in [1.54, 1.807) is 12.1 Å². The fourth-order valence-corrected chi connectivity index (χ4v) is 2.81. The second kappa shape index (κ2) is 8.55. The molecule has 130 valence electrons. The predicted octanol–water partition coefficient (Wildman–Crippen LogP) is 3.07. The lowest BCUT2D eigenvalue weighted by Gasteiger charge is -2.20. The van der Waals surface area contributed by atoms with Gasteiger partial charge in [0.25, 0.3) is 0 Å². The van der Waals surface area contributed by atoms with Crippen LogP contribution in [0.1, 0.15) is 16.7 Å². The van der Waals surface area contributed by atoms with Crippen molar-refractivity contribution >= 4 is 0 Å². The van der Waals surface area contributed by atoms with Gasteiger partial charge in [-0.1, -0.05) is 42.5 Å². The van der Waals surface area contributed by atoms with Crippen molar-refractivity contribution in [1.29, 1.82) is 0 Å². The SMILES string of the molecule is OCCN(Cc1ccc(F)cc1)Cc1cnn(Cc2ccccc2)c1. The van der Waals surface area contributed by atoms with E-state index in [-0.39, 0.29) is 12.4 Å². The number of halogens is 1. The van der Waals surface area contributed by atoms with Crippen LogP contribution >= 0.6 is 0 Å². The minimum atomic E-state index is -0.236. The first-order valence-electron chi connectivity index (χ1n) is 8.36. The molecule has 0 unspecified atom stereocenters. The van der Waals surface area contributed by atoms with E-state index < -0.39 is 0 Å². The van der Waals surface area contributed by atoms with E-state index in [0.29, 0.717) is 19.6 Å². The molecule has 0 atom stereocenters. The highest BCUT2D eigenvalue weighted by Gasteiger charge is 2.09. The molecule has 1 aromatic heterocycles. The molecule has 0 saturated carbocycles. The highest BCUT2D eigenvalue weighted by atomic mass is 19.1. The van der Waals surface area contributed by atoms with Crippen LogP contribution in [-0.4, -0.2) is 32.9 Å². The molecule has 25 heavy (non-hydrogen) atoms. The van der Waals surface area contributed by atoms with Crippen LogP contribution in [0.15, 0.2) is 67.0 Å². The Morgan fingerprint density at radius 2 is 1.64 bits per heavy atom. The number of hydrogen-bond acceptors (Lipinski definition) is 3. The number of hydrogen-bond donors (Lipinski definition) is 1. The number of aliphatic hydroxyl groups excluding tert-OH is 1. The van der Waals surface area contributed by atoms with Crippen molar-refractivity contribution in [1.82, 2.24) is 14.7 Å². The molecule has 2 aromatic carbocycles. The zero-order valence-corrected chi connectivity index (χ0v) is 14.1. The standard InChI is InChI=1S/C20H22FN3O/c21-20-8-6-18(7-9-20)13-23(10-11-25)14-19-12-22-24(16-19)15-17-4-2-1-3-5-17/h1-9,12,16,25H,10-11,13-15H2. The summed E-state index contributed by atoms with van der Waals surface area (Å²) in [5, 5.41) is 13.7. The molecule has 1 heterocycles. The number of aromatic nitrogens is 2. The van der Waals surface area contributed by atoms with E-state index in [0.717, 1.165) is 17.7 Å². The summed E-state index contributed by atoms with van der Waals surface area (Å²) >= 11 is 0. The first-order valence-corrected chi connectivity index (χ1v) is 8.36. The third kappa shape index (κ3) is 5.24. The predicted molar refractivity (Wildman–Crippen MR) is 95.4 cm³/mol. The number of benzene rings is 2. The van der Waals surface area contributed by atoms with Crippen molar-refractivity contribution in [3.05, 3.63) is 89.5 Å². The molecule has 1 N–H and O–H groups in total. The van der Waals surface area contributed by atoms with Gasteiger partial charge < -0.3 is 5.11 Å². The zero-order chi connectivity index (χ0) is 17.5. The number of rotatable bonds is 8. The maximum atomic E-state index is 13.0. The summed E-state index contributed by atoms with van der Waals surface area (Å²) in [6.45, 7) is 2.72. The fourth-order valence-electron chi connectivity index (χ4n) is 2.81. The van der Waals surface area contributed by atoms with Crippen molar-refractivity contribution in [2.24, 2.45) is 0 Å². The van der Waals surface area contributed by atoms with Gasteiger partial charge >= 0.3 is 0 Å². The van der Waals surface area contributed by atoms with E-state index in [1.807, 2.05) is 35.3 Å². The average molecular weight is 339 g/mol. The van der Waals surface area contributed by atoms with Crippen LogP contribution in [0.5, 0.6) is 0 Å². The summed E-state index contributed by atoms with van der Waals surface area (Å²) in [6, 6.07) is 16.7. The summed E-state index contributed by atoms with van der Waals surface area (Å²) in [6.07, 6.45) is 3.89. The molecule has 0 bridgehead atoms. The van der Waals surface area contributed by atoms with Crippen LogP contribution in [0.2, 0.25) is 0 Å². The van der Waals surface area contributed by atoms with Crippen molar-refractivity contribution in [3.8, 4) is 0 Å². The normalized spacial score (nSPS) is 11.2. The molecule has 0 aliphatic carbocycles. The Balaban J connectivity index is 1.63. The second-order valence-electron chi connectivity index (χ2n) is 6.09. The largest absolute Gasteiger partial charge is 0.395 e. The summed E-state index contributed by atoms with van der Waals surface area (Å²) in [4.78, 5) is 2.12. The van der Waals surface area contributed by atoms with Gasteiger partial charge in [-0.2, -0.15) is 5.10 Å². The van der Waals surface area contributed by atoms with Crippen molar-refractivity contribution < 1.29 is 9.50 Å². The van der Waals surface area contributed by atoms with Crippen molar-refractivity contribution in [2.75, 3.05) is 13.2 Å². The third-order valence-electron chi connectivity index (χ3n) is 4.02. The van der Waals surface area contributed by atoms with Gasteiger partial charge in [0.15, 0.2) is 0 Å². The Labute approximate surface area is 147 Å². The van der Waals surface area contributed by atoms with Crippen LogP contribution < -0.4 is 0 Å². The molecule has 0 aliphatic rings. The molecule has 3 rings (SSSR count). The molecule has 0 fully saturated rings. The Bertz CT molecular complexity index is 771. The summed E-state index contributed by atoms with van der Waals surface area (Å²) in [5.41, 5.74) is 3.31. The van der Waals surface area contributed by atoms with Gasteiger partial charge in [0.1, 0.15) is 5.82 Å². The van der Waals surface area contributed by atoms with E-state index in [9.17, 15) is 9.50 Å². The lowest BCUT2D eigenvalue weighted by molar-refractivity contribution is 0.184. The van der Waals surface area contributed by atoms with Gasteiger partial charge in [-0.15, -0.1) is 0 Å². The molecule has 0 spiro atoms. The van der Waals surface area contributed by atoms with Crippen LogP contribution in [0, 0.1) is 5.82 Å². The topological polar surface area (TPSA) is 41.3 Å². The molecular weight excluding hydrogens is 317 g/mol. The van der Waals surface area contributed by atoms with Crippen LogP contribution in [-0.2, 0) is 19.6 Å². The van der Waals surface area contributed by atoms with Gasteiger partial charge in [-0.3, -0.25) is 9.58 Å². The van der Waals surface area contributed by atoms with E-state index in [4.69, 9.17) is 0 Å². The van der Waals surface area contributed by atoms with E-state index in [1.165, 1.54) is 17.7 Å². The van der Waals surface area contributed by atoms with E-state index in [2.05, 4.69) is 22.1 Å². The molecule has 5 heteroatoms. The first-order chi connectivity index (χ1) is 12.2. The summed E-state index contributed by atoms with van der Waals surface area (Å²) in [5.74, 6) is -0.236. The summed E-state index contributed by atoms with van der Waals surface area (Å²) < 4.78 is 15.0. The van der Waals surface area contributed by atoms with E-state index >= 15 is 0 Å². The van der Waals surface area contributed by atoms with Gasteiger partial charge in [0.2, 0.25) is 0 Å². The lowest BCUT2D eigenvalue weighted by Crippen LogP contribution is -2.25. The summed E-state index contributed by atoms with van der Waals surface area (Å²) in [7, 11) is 0. The monoisotopic (exact) mass is 339 g/mol. The van der Waals surface area contributed by atoms with Crippen LogP contribution in [0.4, 0.5) is 4.39 Å². The highest BCUT2D eigenvalue weighted by molar-refractivity contribution is 5.17. The number of aliphatic hydroxyl groups is 1. The maximum Gasteiger partial charge on any atom is 0.123 e.